The number of hydrogen-bond acceptors (Lipinski definition) is 6. The third kappa shape index (κ3) is 4.41. The van der Waals surface area contributed by atoms with Crippen molar-refractivity contribution >= 4 is 0 Å². The Hall–Kier alpha value is -2.26. The number of ether oxygens (including phenoxy) is 1. The molecule has 0 saturated heterocycles. The molecular formula is C22H32N4O4. The number of nitrogens with two attached hydrogens (primary N) is 1. The van der Waals surface area contributed by atoms with Gasteiger partial charge in [-0.15, -0.1) is 0 Å². The maximum absolute atomic E-state index is 13.1. The zero-order valence-electron chi connectivity index (χ0n) is 18.4. The standard InChI is InChI=1S/C22H32N4O4/c1-14(2)30-20(28)22(3,23)12-15-6-8-16(9-7-15)26-19(27)17-10-11-24(4)13-18(17)25(5)21(26)29/h6-9,14,20,28H,10-13,23H2,1-5H3/t20?,22-/m0/s1. The van der Waals surface area contributed by atoms with E-state index in [4.69, 9.17) is 10.5 Å². The largest absolute Gasteiger partial charge is 0.366 e. The fraction of sp³-hybridized carbons (Fsp3) is 0.545. The molecule has 0 bridgehead atoms. The predicted octanol–water partition coefficient (Wildman–Crippen LogP) is 0.527. The summed E-state index contributed by atoms with van der Waals surface area (Å²) in [6.07, 6.45) is -0.246. The van der Waals surface area contributed by atoms with Crippen molar-refractivity contribution in [3.8, 4) is 5.69 Å². The Bertz CT molecular complexity index is 1020. The van der Waals surface area contributed by atoms with E-state index >= 15 is 0 Å². The molecule has 3 N–H and O–H groups in total. The summed E-state index contributed by atoms with van der Waals surface area (Å²) in [5.74, 6) is 0. The maximum atomic E-state index is 13.1. The number of likely N-dealkylation sites (N-methyl/N-ethyl adjacent to an activating group) is 1. The second-order valence-corrected chi connectivity index (χ2v) is 8.78. The quantitative estimate of drug-likeness (QED) is 0.666. The minimum Gasteiger partial charge on any atom is -0.366 e. The second-order valence-electron chi connectivity index (χ2n) is 8.78. The van der Waals surface area contributed by atoms with Gasteiger partial charge in [-0.05, 0) is 58.4 Å². The Morgan fingerprint density at radius 1 is 1.20 bits per heavy atom. The van der Waals surface area contributed by atoms with E-state index in [1.165, 1.54) is 4.57 Å². The molecule has 2 aromatic rings. The van der Waals surface area contributed by atoms with Crippen LogP contribution in [0, 0.1) is 0 Å². The number of nitrogens with zero attached hydrogens (tertiary/aromatic N) is 3. The van der Waals surface area contributed by atoms with Gasteiger partial charge in [-0.2, -0.15) is 0 Å². The molecule has 0 amide bonds. The lowest BCUT2D eigenvalue weighted by molar-refractivity contribution is -0.161. The molecule has 0 saturated carbocycles. The average Bonchev–Trinajstić information content (AvgIpc) is 2.67. The first kappa shape index (κ1) is 22.4. The van der Waals surface area contributed by atoms with Crippen LogP contribution < -0.4 is 17.0 Å². The van der Waals surface area contributed by atoms with Crippen LogP contribution in [0.4, 0.5) is 0 Å². The fourth-order valence-electron chi connectivity index (χ4n) is 3.83. The van der Waals surface area contributed by atoms with Gasteiger partial charge in [0.1, 0.15) is 0 Å². The van der Waals surface area contributed by atoms with Gasteiger partial charge in [-0.25, -0.2) is 9.36 Å². The summed E-state index contributed by atoms with van der Waals surface area (Å²) in [5, 5.41) is 10.2. The molecule has 1 aliphatic heterocycles. The summed E-state index contributed by atoms with van der Waals surface area (Å²) < 4.78 is 8.22. The third-order valence-corrected chi connectivity index (χ3v) is 5.60. The molecule has 2 atom stereocenters. The van der Waals surface area contributed by atoms with Gasteiger partial charge in [0.05, 0.1) is 17.3 Å². The minimum absolute atomic E-state index is 0.142. The molecule has 2 heterocycles. The number of rotatable bonds is 6. The zero-order chi connectivity index (χ0) is 22.2. The van der Waals surface area contributed by atoms with Crippen molar-refractivity contribution in [1.29, 1.82) is 0 Å². The van der Waals surface area contributed by atoms with Crippen molar-refractivity contribution in [1.82, 2.24) is 14.0 Å². The van der Waals surface area contributed by atoms with Crippen LogP contribution in [0.5, 0.6) is 0 Å². The van der Waals surface area contributed by atoms with Gasteiger partial charge in [0.15, 0.2) is 6.29 Å². The molecule has 8 heteroatoms. The monoisotopic (exact) mass is 416 g/mol. The topological polar surface area (TPSA) is 103 Å². The lowest BCUT2D eigenvalue weighted by Gasteiger charge is -2.31. The van der Waals surface area contributed by atoms with E-state index < -0.39 is 11.8 Å². The van der Waals surface area contributed by atoms with Crippen molar-refractivity contribution in [2.45, 2.75) is 58.1 Å². The van der Waals surface area contributed by atoms with E-state index in [0.717, 1.165) is 17.8 Å². The van der Waals surface area contributed by atoms with E-state index in [0.29, 0.717) is 30.6 Å². The van der Waals surface area contributed by atoms with Crippen LogP contribution in [0.3, 0.4) is 0 Å². The van der Waals surface area contributed by atoms with E-state index in [-0.39, 0.29) is 17.4 Å². The van der Waals surface area contributed by atoms with Gasteiger partial charge in [-0.1, -0.05) is 12.1 Å². The molecule has 1 aromatic carbocycles. The first-order valence-corrected chi connectivity index (χ1v) is 10.3. The summed E-state index contributed by atoms with van der Waals surface area (Å²) in [6, 6.07) is 7.12. The highest BCUT2D eigenvalue weighted by molar-refractivity contribution is 5.37. The van der Waals surface area contributed by atoms with Crippen LogP contribution in [0.2, 0.25) is 0 Å². The summed E-state index contributed by atoms with van der Waals surface area (Å²) in [4.78, 5) is 28.1. The van der Waals surface area contributed by atoms with Crippen LogP contribution in [0.1, 0.15) is 37.6 Å². The van der Waals surface area contributed by atoms with Gasteiger partial charge in [0.25, 0.3) is 5.56 Å². The van der Waals surface area contributed by atoms with Crippen molar-refractivity contribution in [3.05, 3.63) is 61.9 Å². The van der Waals surface area contributed by atoms with Crippen molar-refractivity contribution in [2.75, 3.05) is 13.6 Å². The van der Waals surface area contributed by atoms with Crippen LogP contribution in [0.25, 0.3) is 5.69 Å². The molecule has 3 rings (SSSR count). The maximum Gasteiger partial charge on any atom is 0.335 e. The number of benzene rings is 1. The lowest BCUT2D eigenvalue weighted by Crippen LogP contribution is -2.52. The summed E-state index contributed by atoms with van der Waals surface area (Å²) in [5.41, 5.74) is 7.55. The van der Waals surface area contributed by atoms with Gasteiger partial charge >= 0.3 is 5.69 Å². The molecule has 0 fully saturated rings. The Morgan fingerprint density at radius 3 is 2.43 bits per heavy atom. The number of fused-ring (bicyclic) bond motifs is 1. The van der Waals surface area contributed by atoms with Crippen LogP contribution >= 0.6 is 0 Å². The Balaban J connectivity index is 1.91. The molecule has 0 spiro atoms. The number of aromatic nitrogens is 2. The van der Waals surface area contributed by atoms with E-state index in [2.05, 4.69) is 4.90 Å². The first-order valence-electron chi connectivity index (χ1n) is 10.3. The molecule has 0 radical (unpaired) electrons. The highest BCUT2D eigenvalue weighted by Gasteiger charge is 2.30. The van der Waals surface area contributed by atoms with Crippen molar-refractivity contribution in [2.24, 2.45) is 12.8 Å². The van der Waals surface area contributed by atoms with Gasteiger partial charge in [0.2, 0.25) is 0 Å². The second kappa shape index (κ2) is 8.47. The van der Waals surface area contributed by atoms with Gasteiger partial charge < -0.3 is 20.5 Å². The van der Waals surface area contributed by atoms with Gasteiger partial charge in [-0.3, -0.25) is 9.36 Å². The summed E-state index contributed by atoms with van der Waals surface area (Å²) >= 11 is 0. The van der Waals surface area contributed by atoms with E-state index in [1.54, 1.807) is 30.7 Å². The molecule has 8 nitrogen and oxygen atoms in total. The fourth-order valence-corrected chi connectivity index (χ4v) is 3.83. The van der Waals surface area contributed by atoms with Gasteiger partial charge in [0, 0.05) is 31.4 Å². The van der Waals surface area contributed by atoms with Crippen molar-refractivity contribution in [3.63, 3.8) is 0 Å². The SMILES string of the molecule is CC(C)OC(O)[C@@](C)(N)Cc1ccc(-n2c(=O)c3c(n(C)c2=O)CN(C)CC3)cc1. The Labute approximate surface area is 176 Å². The smallest absolute Gasteiger partial charge is 0.335 e. The molecule has 164 valence electrons. The number of hydrogen-bond donors (Lipinski definition) is 2. The highest BCUT2D eigenvalue weighted by atomic mass is 16.6. The molecule has 1 unspecified atom stereocenters. The summed E-state index contributed by atoms with van der Waals surface area (Å²) in [7, 11) is 3.69. The van der Waals surface area contributed by atoms with Crippen LogP contribution in [-0.4, -0.2) is 50.7 Å². The highest BCUT2D eigenvalue weighted by Crippen LogP contribution is 2.19. The lowest BCUT2D eigenvalue weighted by atomic mass is 9.93. The number of aliphatic hydroxyl groups excluding tert-OH is 1. The summed E-state index contributed by atoms with van der Waals surface area (Å²) in [6.45, 7) is 6.78. The molecule has 30 heavy (non-hydrogen) atoms. The number of aliphatic hydroxyl groups is 1. The molecule has 1 aliphatic rings. The van der Waals surface area contributed by atoms with E-state index in [9.17, 15) is 14.7 Å². The van der Waals surface area contributed by atoms with E-state index in [1.807, 2.05) is 33.0 Å². The third-order valence-electron chi connectivity index (χ3n) is 5.60. The minimum atomic E-state index is -1.11. The van der Waals surface area contributed by atoms with Crippen LogP contribution in [0.15, 0.2) is 33.9 Å². The Morgan fingerprint density at radius 2 is 1.83 bits per heavy atom. The Kier molecular flexibility index (Phi) is 6.33. The molecule has 0 aliphatic carbocycles. The van der Waals surface area contributed by atoms with Crippen LogP contribution in [-0.2, 0) is 31.2 Å². The zero-order valence-corrected chi connectivity index (χ0v) is 18.4. The predicted molar refractivity (Wildman–Crippen MR) is 116 cm³/mol. The normalized spacial score (nSPS) is 17.6. The first-order chi connectivity index (χ1) is 14.0. The molecule has 1 aromatic heterocycles. The van der Waals surface area contributed by atoms with Crippen molar-refractivity contribution < 1.29 is 9.84 Å². The average molecular weight is 417 g/mol. The molecular weight excluding hydrogens is 384 g/mol.